The Morgan fingerprint density at radius 2 is 1.36 bits per heavy atom. The summed E-state index contributed by atoms with van der Waals surface area (Å²) < 4.78 is 79.8. The summed E-state index contributed by atoms with van der Waals surface area (Å²) in [6.07, 6.45) is -11.2. The number of hydrogen-bond donors (Lipinski definition) is 0. The Hall–Kier alpha value is -2.85. The van der Waals surface area contributed by atoms with Crippen LogP contribution in [-0.4, -0.2) is 42.1 Å². The predicted molar refractivity (Wildman–Crippen MR) is 70.4 cm³/mol. The van der Waals surface area contributed by atoms with Crippen LogP contribution in [-0.2, 0) is 19.1 Å². The highest BCUT2D eigenvalue weighted by Crippen LogP contribution is 2.28. The van der Waals surface area contributed by atoms with E-state index in [0.717, 1.165) is 0 Å². The zero-order chi connectivity index (χ0) is 19.4. The van der Waals surface area contributed by atoms with E-state index in [1.807, 2.05) is 0 Å². The predicted octanol–water partition coefficient (Wildman–Crippen LogP) is 2.68. The first-order valence-electron chi connectivity index (χ1n) is 6.27. The molecule has 0 aromatic heterocycles. The van der Waals surface area contributed by atoms with E-state index in [1.54, 1.807) is 0 Å². The van der Waals surface area contributed by atoms with Crippen LogP contribution < -0.4 is 0 Å². The van der Waals surface area contributed by atoms with E-state index in [4.69, 9.17) is 0 Å². The summed E-state index contributed by atoms with van der Waals surface area (Å²) in [5.74, 6) is -8.09. The van der Waals surface area contributed by atoms with Crippen LogP contribution in [0.25, 0.3) is 6.08 Å². The second-order valence-electron chi connectivity index (χ2n) is 4.37. The molecule has 11 heteroatoms. The molecule has 0 aliphatic rings. The van der Waals surface area contributed by atoms with Gasteiger partial charge in [0.2, 0.25) is 0 Å². The quantitative estimate of drug-likeness (QED) is 0.467. The third kappa shape index (κ3) is 5.06. The second-order valence-corrected chi connectivity index (χ2v) is 4.37. The number of alkyl halides is 6. The van der Waals surface area contributed by atoms with E-state index >= 15 is 0 Å². The van der Waals surface area contributed by atoms with Gasteiger partial charge in [0, 0.05) is 0 Å². The molecular formula is C14H9F6NO4. The topological polar surface area (TPSA) is 63.7 Å². The van der Waals surface area contributed by atoms with E-state index in [0.29, 0.717) is 13.2 Å². The maximum absolute atomic E-state index is 12.6. The molecule has 0 saturated carbocycles. The van der Waals surface area contributed by atoms with Crippen molar-refractivity contribution in [3.63, 3.8) is 0 Å². The van der Waals surface area contributed by atoms with Crippen LogP contribution in [0.3, 0.4) is 0 Å². The fraction of sp³-hybridized carbons (Fsp3) is 0.214. The molecule has 0 fully saturated rings. The Bertz CT molecular complexity index is 668. The lowest BCUT2D eigenvalue weighted by Gasteiger charge is -2.24. The standard InChI is InChI=1S/C14H9F6NO4/c1-25-10(22)9(7-8-5-3-2-4-6-8)21(11(23)13(15,16)17)12(24)14(18,19)20/h2-7H,1H3/b9-7-. The van der Waals surface area contributed by atoms with Gasteiger partial charge < -0.3 is 4.74 Å². The minimum atomic E-state index is -5.84. The molecule has 0 radical (unpaired) electrons. The van der Waals surface area contributed by atoms with Crippen LogP contribution >= 0.6 is 0 Å². The Balaban J connectivity index is 3.59. The summed E-state index contributed by atoms with van der Waals surface area (Å²) in [4.78, 5) is 33.0. The molecule has 0 saturated heterocycles. The lowest BCUT2D eigenvalue weighted by molar-refractivity contribution is -0.201. The van der Waals surface area contributed by atoms with E-state index in [1.165, 1.54) is 30.3 Å². The fourth-order valence-electron chi connectivity index (χ4n) is 1.59. The number of rotatable bonds is 3. The van der Waals surface area contributed by atoms with Crippen LogP contribution in [0.1, 0.15) is 5.56 Å². The summed E-state index contributed by atoms with van der Waals surface area (Å²) in [6, 6.07) is 6.65. The second kappa shape index (κ2) is 7.36. The number of imide groups is 1. The molecule has 0 aliphatic carbocycles. The molecule has 136 valence electrons. The van der Waals surface area contributed by atoms with E-state index in [9.17, 15) is 40.7 Å². The SMILES string of the molecule is COC(=O)/C(=C/c1ccccc1)N(C(=O)C(F)(F)F)C(=O)C(F)(F)F. The first-order chi connectivity index (χ1) is 11.4. The molecule has 5 nitrogen and oxygen atoms in total. The van der Waals surface area contributed by atoms with Gasteiger partial charge in [-0.05, 0) is 11.6 Å². The van der Waals surface area contributed by atoms with Crippen LogP contribution in [0.15, 0.2) is 36.0 Å². The third-order valence-corrected chi connectivity index (χ3v) is 2.63. The molecule has 0 aliphatic heterocycles. The van der Waals surface area contributed by atoms with Gasteiger partial charge in [0.25, 0.3) is 0 Å². The average Bonchev–Trinajstić information content (AvgIpc) is 2.52. The van der Waals surface area contributed by atoms with Gasteiger partial charge in [0.05, 0.1) is 7.11 Å². The monoisotopic (exact) mass is 369 g/mol. The number of benzene rings is 1. The highest BCUT2D eigenvalue weighted by molar-refractivity contribution is 6.09. The molecule has 0 atom stereocenters. The Labute approximate surface area is 136 Å². The maximum Gasteiger partial charge on any atom is 0.472 e. The van der Waals surface area contributed by atoms with E-state index < -0.39 is 40.7 Å². The van der Waals surface area contributed by atoms with Gasteiger partial charge in [-0.3, -0.25) is 9.59 Å². The zero-order valence-electron chi connectivity index (χ0n) is 12.3. The number of ether oxygens (including phenoxy) is 1. The molecule has 1 aromatic rings. The largest absolute Gasteiger partial charge is 0.472 e. The minimum Gasteiger partial charge on any atom is -0.464 e. The third-order valence-electron chi connectivity index (χ3n) is 2.63. The number of carbonyl (C=O) groups is 3. The first-order valence-corrected chi connectivity index (χ1v) is 6.27. The smallest absolute Gasteiger partial charge is 0.464 e. The minimum absolute atomic E-state index is 0.0437. The van der Waals surface area contributed by atoms with Crippen LogP contribution in [0.5, 0.6) is 0 Å². The fourth-order valence-corrected chi connectivity index (χ4v) is 1.59. The highest BCUT2D eigenvalue weighted by atomic mass is 19.4. The van der Waals surface area contributed by atoms with Crippen molar-refractivity contribution in [2.24, 2.45) is 0 Å². The van der Waals surface area contributed by atoms with Crippen molar-refractivity contribution in [1.29, 1.82) is 0 Å². The Kier molecular flexibility index (Phi) is 5.95. The lowest BCUT2D eigenvalue weighted by atomic mass is 10.1. The summed E-state index contributed by atoms with van der Waals surface area (Å²) in [5.41, 5.74) is -1.57. The van der Waals surface area contributed by atoms with Crippen molar-refractivity contribution in [2.45, 2.75) is 12.4 Å². The number of nitrogens with zero attached hydrogens (tertiary/aromatic N) is 1. The van der Waals surface area contributed by atoms with Gasteiger partial charge in [-0.25, -0.2) is 9.69 Å². The van der Waals surface area contributed by atoms with Gasteiger partial charge >= 0.3 is 30.1 Å². The van der Waals surface area contributed by atoms with Crippen molar-refractivity contribution in [1.82, 2.24) is 4.90 Å². The molecule has 0 unspecified atom stereocenters. The van der Waals surface area contributed by atoms with Crippen molar-refractivity contribution in [2.75, 3.05) is 7.11 Å². The first kappa shape index (κ1) is 20.2. The van der Waals surface area contributed by atoms with Crippen molar-refractivity contribution >= 4 is 23.9 Å². The van der Waals surface area contributed by atoms with Gasteiger partial charge in [-0.1, -0.05) is 30.3 Å². The van der Waals surface area contributed by atoms with E-state index in [-0.39, 0.29) is 5.56 Å². The number of halogens is 6. The number of hydrogen-bond acceptors (Lipinski definition) is 4. The molecule has 25 heavy (non-hydrogen) atoms. The van der Waals surface area contributed by atoms with Crippen LogP contribution in [0, 0.1) is 0 Å². The van der Waals surface area contributed by atoms with E-state index in [2.05, 4.69) is 4.74 Å². The average molecular weight is 369 g/mol. The number of amides is 2. The number of esters is 1. The highest BCUT2D eigenvalue weighted by Gasteiger charge is 2.54. The van der Waals surface area contributed by atoms with Gasteiger partial charge in [0.15, 0.2) is 0 Å². The summed E-state index contributed by atoms with van der Waals surface area (Å²) in [7, 11) is 0.662. The lowest BCUT2D eigenvalue weighted by Crippen LogP contribution is -2.50. The summed E-state index contributed by atoms with van der Waals surface area (Å²) >= 11 is 0. The molecule has 0 N–H and O–H groups in total. The molecular weight excluding hydrogens is 360 g/mol. The van der Waals surface area contributed by atoms with Crippen LogP contribution in [0.4, 0.5) is 26.3 Å². The molecule has 1 rings (SSSR count). The maximum atomic E-state index is 12.6. The molecule has 2 amide bonds. The van der Waals surface area contributed by atoms with Crippen LogP contribution in [0.2, 0.25) is 0 Å². The van der Waals surface area contributed by atoms with Crippen molar-refractivity contribution < 1.29 is 45.5 Å². The molecule has 0 bridgehead atoms. The Morgan fingerprint density at radius 3 is 1.72 bits per heavy atom. The Morgan fingerprint density at radius 1 is 0.920 bits per heavy atom. The molecule has 0 spiro atoms. The van der Waals surface area contributed by atoms with Gasteiger partial charge in [-0.2, -0.15) is 26.3 Å². The molecule has 0 heterocycles. The molecule has 1 aromatic carbocycles. The van der Waals surface area contributed by atoms with Crippen molar-refractivity contribution in [3.05, 3.63) is 41.6 Å². The summed E-state index contributed by atoms with van der Waals surface area (Å²) in [5, 5.41) is 0. The van der Waals surface area contributed by atoms with Gasteiger partial charge in [-0.15, -0.1) is 0 Å². The number of carbonyl (C=O) groups excluding carboxylic acids is 3. The normalized spacial score (nSPS) is 12.5. The van der Waals surface area contributed by atoms with Crippen molar-refractivity contribution in [3.8, 4) is 0 Å². The zero-order valence-corrected chi connectivity index (χ0v) is 12.3. The summed E-state index contributed by atoms with van der Waals surface area (Å²) in [6.45, 7) is 0. The number of methoxy groups -OCH3 is 1. The van der Waals surface area contributed by atoms with Gasteiger partial charge in [0.1, 0.15) is 5.70 Å².